The fourth-order valence-corrected chi connectivity index (χ4v) is 3.82. The van der Waals surface area contributed by atoms with Crippen molar-refractivity contribution >= 4 is 11.7 Å². The number of hydrogen-bond acceptors (Lipinski definition) is 3. The van der Waals surface area contributed by atoms with E-state index in [-0.39, 0.29) is 17.3 Å². The van der Waals surface area contributed by atoms with Gasteiger partial charge < -0.3 is 10.9 Å². The van der Waals surface area contributed by atoms with Crippen molar-refractivity contribution < 1.29 is 9.90 Å². The second-order valence-electron chi connectivity index (χ2n) is 5.66. The predicted molar refractivity (Wildman–Crippen MR) is 62.0 cm³/mol. The highest BCUT2D eigenvalue weighted by Gasteiger charge is 2.62. The predicted octanol–water partition coefficient (Wildman–Crippen LogP) is 1.99. The van der Waals surface area contributed by atoms with Gasteiger partial charge in [0, 0.05) is 17.5 Å². The summed E-state index contributed by atoms with van der Waals surface area (Å²) in [4.78, 5) is 10.7. The number of rotatable bonds is 3. The number of hydrazone groups is 1. The highest BCUT2D eigenvalue weighted by atomic mass is 16.4. The summed E-state index contributed by atoms with van der Waals surface area (Å²) in [5.41, 5.74) is 1.20. The number of nitrogens with zero attached hydrogens (tertiary/aromatic N) is 1. The fourth-order valence-electron chi connectivity index (χ4n) is 3.82. The van der Waals surface area contributed by atoms with Crippen LogP contribution in [0.1, 0.15) is 46.0 Å². The molecule has 0 spiro atoms. The van der Waals surface area contributed by atoms with E-state index in [9.17, 15) is 4.79 Å². The molecule has 90 valence electrons. The molecule has 0 aromatic heterocycles. The number of aliphatic carboxylic acids is 1. The minimum Gasteiger partial charge on any atom is -0.481 e. The van der Waals surface area contributed by atoms with Gasteiger partial charge in [0.05, 0.1) is 0 Å². The van der Waals surface area contributed by atoms with Gasteiger partial charge in [-0.1, -0.05) is 13.8 Å². The Balaban J connectivity index is 2.25. The molecule has 2 rings (SSSR count). The molecule has 0 amide bonds. The summed E-state index contributed by atoms with van der Waals surface area (Å²) in [6.45, 7) is 4.42. The maximum Gasteiger partial charge on any atom is 0.303 e. The van der Waals surface area contributed by atoms with E-state index in [1.165, 1.54) is 6.42 Å². The molecule has 0 aromatic rings. The third-order valence-corrected chi connectivity index (χ3v) is 5.25. The van der Waals surface area contributed by atoms with Crippen molar-refractivity contribution in [1.82, 2.24) is 0 Å². The standard InChI is InChI=1S/C12H20N2O2/c1-11(6-4-10(15)16)8-3-5-12(11,2)9(7-8)14-13/h8H,3-7,13H2,1-2H3,(H,15,16)/b14-9-/t8-,11-,12-/m1/s1. The topological polar surface area (TPSA) is 75.7 Å². The summed E-state index contributed by atoms with van der Waals surface area (Å²) in [6.07, 6.45) is 4.24. The molecule has 2 saturated carbocycles. The molecule has 2 fully saturated rings. The number of carboxylic acid groups (broad SMARTS) is 1. The van der Waals surface area contributed by atoms with Crippen molar-refractivity contribution in [2.24, 2.45) is 27.7 Å². The first-order valence-electron chi connectivity index (χ1n) is 5.93. The van der Waals surface area contributed by atoms with Gasteiger partial charge in [-0.3, -0.25) is 4.79 Å². The van der Waals surface area contributed by atoms with Gasteiger partial charge in [0.15, 0.2) is 0 Å². The van der Waals surface area contributed by atoms with E-state index < -0.39 is 5.97 Å². The number of nitrogens with two attached hydrogens (primary N) is 1. The Labute approximate surface area is 95.9 Å². The first-order chi connectivity index (χ1) is 7.44. The van der Waals surface area contributed by atoms with Crippen LogP contribution in [0.4, 0.5) is 0 Å². The highest BCUT2D eigenvalue weighted by molar-refractivity contribution is 5.94. The van der Waals surface area contributed by atoms with Crippen LogP contribution in [-0.4, -0.2) is 16.8 Å². The smallest absolute Gasteiger partial charge is 0.303 e. The van der Waals surface area contributed by atoms with Crippen LogP contribution < -0.4 is 5.84 Å². The molecule has 16 heavy (non-hydrogen) atoms. The number of carboxylic acids is 1. The van der Waals surface area contributed by atoms with Gasteiger partial charge in [-0.15, -0.1) is 0 Å². The number of carbonyl (C=O) groups is 1. The maximum atomic E-state index is 10.7. The van der Waals surface area contributed by atoms with E-state index in [0.717, 1.165) is 25.0 Å². The second-order valence-corrected chi connectivity index (χ2v) is 5.66. The van der Waals surface area contributed by atoms with Gasteiger partial charge in [-0.25, -0.2) is 0 Å². The average molecular weight is 224 g/mol. The fraction of sp³-hybridized carbons (Fsp3) is 0.833. The zero-order valence-corrected chi connectivity index (χ0v) is 9.99. The summed E-state index contributed by atoms with van der Waals surface area (Å²) in [6, 6.07) is 0. The molecule has 4 heteroatoms. The van der Waals surface area contributed by atoms with Crippen LogP contribution >= 0.6 is 0 Å². The summed E-state index contributed by atoms with van der Waals surface area (Å²) >= 11 is 0. The van der Waals surface area contributed by atoms with E-state index in [2.05, 4.69) is 18.9 Å². The van der Waals surface area contributed by atoms with Gasteiger partial charge in [0.25, 0.3) is 0 Å². The number of fused-ring (bicyclic) bond motifs is 2. The zero-order chi connectivity index (χ0) is 12.0. The molecule has 2 bridgehead atoms. The quantitative estimate of drug-likeness (QED) is 0.568. The van der Waals surface area contributed by atoms with Crippen LogP contribution in [0, 0.1) is 16.7 Å². The molecule has 0 radical (unpaired) electrons. The molecule has 2 aliphatic carbocycles. The lowest BCUT2D eigenvalue weighted by molar-refractivity contribution is -0.138. The molecule has 3 atom stereocenters. The summed E-state index contributed by atoms with van der Waals surface area (Å²) in [5.74, 6) is 5.32. The lowest BCUT2D eigenvalue weighted by Gasteiger charge is -2.37. The Morgan fingerprint density at radius 1 is 1.62 bits per heavy atom. The van der Waals surface area contributed by atoms with Crippen molar-refractivity contribution in [2.75, 3.05) is 0 Å². The van der Waals surface area contributed by atoms with Crippen LogP contribution in [0.15, 0.2) is 5.10 Å². The van der Waals surface area contributed by atoms with E-state index in [1.807, 2.05) is 0 Å². The Hall–Kier alpha value is -1.06. The van der Waals surface area contributed by atoms with Gasteiger partial charge >= 0.3 is 5.97 Å². The van der Waals surface area contributed by atoms with E-state index in [1.54, 1.807) is 0 Å². The highest BCUT2D eigenvalue weighted by Crippen LogP contribution is 2.65. The summed E-state index contributed by atoms with van der Waals surface area (Å²) in [7, 11) is 0. The molecule has 4 nitrogen and oxygen atoms in total. The lowest BCUT2D eigenvalue weighted by Crippen LogP contribution is -2.35. The van der Waals surface area contributed by atoms with Crippen LogP contribution in [0.5, 0.6) is 0 Å². The van der Waals surface area contributed by atoms with Gasteiger partial charge in [-0.2, -0.15) is 5.10 Å². The Morgan fingerprint density at radius 3 is 2.81 bits per heavy atom. The monoisotopic (exact) mass is 224 g/mol. The third-order valence-electron chi connectivity index (χ3n) is 5.25. The minimum absolute atomic E-state index is 0.0296. The normalized spacial score (nSPS) is 44.1. The molecule has 0 aromatic carbocycles. The summed E-state index contributed by atoms with van der Waals surface area (Å²) in [5, 5.41) is 12.8. The number of hydrogen-bond donors (Lipinski definition) is 2. The van der Waals surface area contributed by atoms with E-state index >= 15 is 0 Å². The van der Waals surface area contributed by atoms with Gasteiger partial charge in [0.1, 0.15) is 0 Å². The molecular formula is C12H20N2O2. The van der Waals surface area contributed by atoms with E-state index in [0.29, 0.717) is 5.92 Å². The van der Waals surface area contributed by atoms with E-state index in [4.69, 9.17) is 10.9 Å². The maximum absolute atomic E-state index is 10.7. The van der Waals surface area contributed by atoms with Crippen molar-refractivity contribution in [1.29, 1.82) is 0 Å². The Kier molecular flexibility index (Phi) is 2.48. The molecule has 3 N–H and O–H groups in total. The van der Waals surface area contributed by atoms with Crippen molar-refractivity contribution in [3.63, 3.8) is 0 Å². The first kappa shape index (κ1) is 11.4. The Bertz CT molecular complexity index is 353. The van der Waals surface area contributed by atoms with Crippen LogP contribution in [0.3, 0.4) is 0 Å². The molecule has 0 saturated heterocycles. The largest absolute Gasteiger partial charge is 0.481 e. The average Bonchev–Trinajstić information content (AvgIpc) is 2.60. The molecule has 0 aliphatic heterocycles. The van der Waals surface area contributed by atoms with Crippen molar-refractivity contribution in [2.45, 2.75) is 46.0 Å². The third kappa shape index (κ3) is 1.28. The van der Waals surface area contributed by atoms with Crippen LogP contribution in [-0.2, 0) is 4.79 Å². The van der Waals surface area contributed by atoms with Crippen LogP contribution in [0.25, 0.3) is 0 Å². The molecule has 0 heterocycles. The molecule has 2 aliphatic rings. The minimum atomic E-state index is -0.706. The van der Waals surface area contributed by atoms with Gasteiger partial charge in [-0.05, 0) is 37.0 Å². The molecule has 0 unspecified atom stereocenters. The SMILES string of the molecule is C[C@@]12CC[C@H](C/C1=N/N)[C@@]2(C)CCC(=O)O. The Morgan fingerprint density at radius 2 is 2.31 bits per heavy atom. The van der Waals surface area contributed by atoms with Crippen molar-refractivity contribution in [3.8, 4) is 0 Å². The zero-order valence-electron chi connectivity index (χ0n) is 9.99. The first-order valence-corrected chi connectivity index (χ1v) is 5.93. The lowest BCUT2D eigenvalue weighted by atomic mass is 9.66. The van der Waals surface area contributed by atoms with Gasteiger partial charge in [0.2, 0.25) is 0 Å². The molecular weight excluding hydrogens is 204 g/mol. The van der Waals surface area contributed by atoms with Crippen LogP contribution in [0.2, 0.25) is 0 Å². The second kappa shape index (κ2) is 3.47. The van der Waals surface area contributed by atoms with Crippen molar-refractivity contribution in [3.05, 3.63) is 0 Å². The summed E-state index contributed by atoms with van der Waals surface area (Å²) < 4.78 is 0.